The molecule has 1 N–H and O–H groups in total. The van der Waals surface area contributed by atoms with E-state index in [1.54, 1.807) is 30.3 Å². The highest BCUT2D eigenvalue weighted by Crippen LogP contribution is 2.24. The molecule has 1 heterocycles. The zero-order valence-electron chi connectivity index (χ0n) is 14.6. The van der Waals surface area contributed by atoms with Gasteiger partial charge in [-0.25, -0.2) is 8.42 Å². The molecule has 0 aromatic heterocycles. The first-order valence-corrected chi connectivity index (χ1v) is 9.99. The Morgan fingerprint density at radius 3 is 2.64 bits per heavy atom. The maximum Gasteiger partial charge on any atom is 0.261 e. The van der Waals surface area contributed by atoms with Crippen LogP contribution in [0.15, 0.2) is 53.4 Å². The number of hydrogen-bond acceptors (Lipinski definition) is 4. The Bertz CT molecular complexity index is 819. The Morgan fingerprint density at radius 1 is 1.20 bits per heavy atom. The number of benzene rings is 2. The molecule has 0 aliphatic carbocycles. The second kappa shape index (κ2) is 7.56. The standard InChI is InChI=1S/C19H24N2O3S/c1-3-21-11-12-24-19(14-21)16-7-9-17(10-8-16)20-25(22,23)18-6-4-5-15(2)13-18/h4-10,13,19-20H,3,11-12,14H2,1-2H3. The predicted molar refractivity (Wildman–Crippen MR) is 99.2 cm³/mol. The fraction of sp³-hybridized carbons (Fsp3) is 0.368. The fourth-order valence-corrected chi connectivity index (χ4v) is 4.12. The summed E-state index contributed by atoms with van der Waals surface area (Å²) >= 11 is 0. The normalized spacial score (nSPS) is 18.9. The first-order chi connectivity index (χ1) is 12.0. The van der Waals surface area contributed by atoms with Crippen molar-refractivity contribution in [3.63, 3.8) is 0 Å². The smallest absolute Gasteiger partial charge is 0.261 e. The van der Waals surface area contributed by atoms with Gasteiger partial charge in [0.25, 0.3) is 10.0 Å². The topological polar surface area (TPSA) is 58.6 Å². The van der Waals surface area contributed by atoms with Crippen molar-refractivity contribution in [2.45, 2.75) is 24.8 Å². The molecule has 5 nitrogen and oxygen atoms in total. The highest BCUT2D eigenvalue weighted by atomic mass is 32.2. The van der Waals surface area contributed by atoms with E-state index in [0.29, 0.717) is 5.69 Å². The average molecular weight is 360 g/mol. The summed E-state index contributed by atoms with van der Waals surface area (Å²) in [5.74, 6) is 0. The summed E-state index contributed by atoms with van der Waals surface area (Å²) in [4.78, 5) is 2.62. The number of anilines is 1. The van der Waals surface area contributed by atoms with Crippen LogP contribution in [0.2, 0.25) is 0 Å². The molecule has 0 amide bonds. The Balaban J connectivity index is 1.72. The van der Waals surface area contributed by atoms with Crippen molar-refractivity contribution in [1.29, 1.82) is 0 Å². The van der Waals surface area contributed by atoms with Crippen LogP contribution in [-0.2, 0) is 14.8 Å². The van der Waals surface area contributed by atoms with E-state index in [4.69, 9.17) is 4.74 Å². The van der Waals surface area contributed by atoms with Crippen LogP contribution in [0.1, 0.15) is 24.2 Å². The molecule has 1 fully saturated rings. The largest absolute Gasteiger partial charge is 0.371 e. The predicted octanol–water partition coefficient (Wildman–Crippen LogP) is 3.19. The van der Waals surface area contributed by atoms with Crippen LogP contribution in [0.4, 0.5) is 5.69 Å². The maximum atomic E-state index is 12.5. The van der Waals surface area contributed by atoms with E-state index < -0.39 is 10.0 Å². The number of ether oxygens (including phenoxy) is 1. The molecule has 1 saturated heterocycles. The van der Waals surface area contributed by atoms with E-state index in [0.717, 1.165) is 37.4 Å². The Kier molecular flexibility index (Phi) is 5.42. The first-order valence-electron chi connectivity index (χ1n) is 8.51. The second-order valence-electron chi connectivity index (χ2n) is 6.30. The molecule has 0 saturated carbocycles. The molecule has 25 heavy (non-hydrogen) atoms. The van der Waals surface area contributed by atoms with Crippen LogP contribution in [0, 0.1) is 6.92 Å². The molecule has 0 spiro atoms. The van der Waals surface area contributed by atoms with E-state index in [2.05, 4.69) is 16.5 Å². The van der Waals surface area contributed by atoms with Gasteiger partial charge in [0, 0.05) is 18.8 Å². The maximum absolute atomic E-state index is 12.5. The molecule has 6 heteroatoms. The minimum absolute atomic E-state index is 0.0381. The van der Waals surface area contributed by atoms with Gasteiger partial charge in [0.05, 0.1) is 17.6 Å². The summed E-state index contributed by atoms with van der Waals surface area (Å²) in [7, 11) is -3.58. The Labute approximate surface area is 149 Å². The van der Waals surface area contributed by atoms with Crippen molar-refractivity contribution < 1.29 is 13.2 Å². The molecular weight excluding hydrogens is 336 g/mol. The zero-order valence-corrected chi connectivity index (χ0v) is 15.4. The molecule has 0 radical (unpaired) electrons. The van der Waals surface area contributed by atoms with E-state index in [9.17, 15) is 8.42 Å². The summed E-state index contributed by atoms with van der Waals surface area (Å²) < 4.78 is 33.4. The van der Waals surface area contributed by atoms with Gasteiger partial charge in [0.1, 0.15) is 0 Å². The van der Waals surface area contributed by atoms with Crippen molar-refractivity contribution in [3.8, 4) is 0 Å². The first kappa shape index (κ1) is 17.9. The molecule has 2 aromatic rings. The SMILES string of the molecule is CCN1CCOC(c2ccc(NS(=O)(=O)c3cccc(C)c3)cc2)C1. The van der Waals surface area contributed by atoms with Gasteiger partial charge in [-0.2, -0.15) is 0 Å². The lowest BCUT2D eigenvalue weighted by molar-refractivity contribution is -0.0281. The van der Waals surface area contributed by atoms with Crippen LogP contribution in [0.25, 0.3) is 0 Å². The summed E-state index contributed by atoms with van der Waals surface area (Å²) in [5, 5.41) is 0. The Hall–Kier alpha value is -1.89. The minimum atomic E-state index is -3.58. The number of nitrogens with zero attached hydrogens (tertiary/aromatic N) is 1. The number of likely N-dealkylation sites (N-methyl/N-ethyl adjacent to an activating group) is 1. The van der Waals surface area contributed by atoms with Crippen molar-refractivity contribution in [2.75, 3.05) is 31.0 Å². The molecule has 134 valence electrons. The van der Waals surface area contributed by atoms with Gasteiger partial charge in [-0.15, -0.1) is 0 Å². The molecule has 2 aromatic carbocycles. The van der Waals surface area contributed by atoms with Crippen molar-refractivity contribution in [3.05, 3.63) is 59.7 Å². The van der Waals surface area contributed by atoms with E-state index in [1.807, 2.05) is 25.1 Å². The second-order valence-corrected chi connectivity index (χ2v) is 7.98. The van der Waals surface area contributed by atoms with Crippen LogP contribution in [0.3, 0.4) is 0 Å². The zero-order chi connectivity index (χ0) is 17.9. The molecule has 1 unspecified atom stereocenters. The third kappa shape index (κ3) is 4.39. The molecular formula is C19H24N2O3S. The summed E-state index contributed by atoms with van der Waals surface area (Å²) in [6, 6.07) is 14.3. The number of rotatable bonds is 5. The van der Waals surface area contributed by atoms with E-state index in [1.165, 1.54) is 0 Å². The van der Waals surface area contributed by atoms with Gasteiger partial charge in [-0.1, -0.05) is 31.2 Å². The monoisotopic (exact) mass is 360 g/mol. The van der Waals surface area contributed by atoms with Gasteiger partial charge in [0.15, 0.2) is 0 Å². The summed E-state index contributed by atoms with van der Waals surface area (Å²) in [5.41, 5.74) is 2.53. The summed E-state index contributed by atoms with van der Waals surface area (Å²) in [6.45, 7) is 7.57. The van der Waals surface area contributed by atoms with Crippen molar-refractivity contribution in [2.24, 2.45) is 0 Å². The van der Waals surface area contributed by atoms with Gasteiger partial charge in [0.2, 0.25) is 0 Å². The summed E-state index contributed by atoms with van der Waals surface area (Å²) in [6.07, 6.45) is 0.0381. The molecule has 1 atom stereocenters. The van der Waals surface area contributed by atoms with Crippen molar-refractivity contribution >= 4 is 15.7 Å². The lowest BCUT2D eigenvalue weighted by Crippen LogP contribution is -2.38. The molecule has 1 aliphatic heterocycles. The Morgan fingerprint density at radius 2 is 1.96 bits per heavy atom. The van der Waals surface area contributed by atoms with Crippen LogP contribution in [-0.4, -0.2) is 39.6 Å². The van der Waals surface area contributed by atoms with Crippen LogP contribution >= 0.6 is 0 Å². The average Bonchev–Trinajstić information content (AvgIpc) is 2.62. The highest BCUT2D eigenvalue weighted by Gasteiger charge is 2.21. The third-order valence-corrected chi connectivity index (χ3v) is 5.81. The minimum Gasteiger partial charge on any atom is -0.371 e. The number of aryl methyl sites for hydroxylation is 1. The van der Waals surface area contributed by atoms with Gasteiger partial charge >= 0.3 is 0 Å². The van der Waals surface area contributed by atoms with Gasteiger partial charge in [-0.3, -0.25) is 9.62 Å². The number of sulfonamides is 1. The van der Waals surface area contributed by atoms with Gasteiger partial charge in [-0.05, 0) is 48.9 Å². The lowest BCUT2D eigenvalue weighted by Gasteiger charge is -2.32. The lowest BCUT2D eigenvalue weighted by atomic mass is 10.1. The highest BCUT2D eigenvalue weighted by molar-refractivity contribution is 7.92. The van der Waals surface area contributed by atoms with Crippen LogP contribution in [0.5, 0.6) is 0 Å². The van der Waals surface area contributed by atoms with Crippen LogP contribution < -0.4 is 4.72 Å². The number of hydrogen-bond donors (Lipinski definition) is 1. The van der Waals surface area contributed by atoms with E-state index in [-0.39, 0.29) is 11.0 Å². The third-order valence-electron chi connectivity index (χ3n) is 4.43. The molecule has 3 rings (SSSR count). The number of nitrogens with one attached hydrogen (secondary N) is 1. The fourth-order valence-electron chi connectivity index (χ4n) is 2.95. The van der Waals surface area contributed by atoms with E-state index >= 15 is 0 Å². The quantitative estimate of drug-likeness (QED) is 0.890. The van der Waals surface area contributed by atoms with Crippen molar-refractivity contribution in [1.82, 2.24) is 4.90 Å². The molecule has 1 aliphatic rings. The van der Waals surface area contributed by atoms with Gasteiger partial charge < -0.3 is 4.74 Å². The molecule has 0 bridgehead atoms. The number of morpholine rings is 1.